The molecule has 132 heavy (non-hydrogen) atoms. The molecule has 2 saturated heterocycles. The highest BCUT2D eigenvalue weighted by Gasteiger charge is 2.51. The fraction of sp³-hybridized carbons (Fsp3) is 0.433. The number of ether oxygens (including phenoxy) is 4. The van der Waals surface area contributed by atoms with Gasteiger partial charge in [0.05, 0.1) is 25.6 Å². The van der Waals surface area contributed by atoms with Crippen molar-refractivity contribution in [1.82, 2.24) is 61.5 Å². The Morgan fingerprint density at radius 1 is 0.379 bits per heavy atom. The van der Waals surface area contributed by atoms with Gasteiger partial charge in [-0.15, -0.1) is 0 Å². The molecule has 0 radical (unpaired) electrons. The van der Waals surface area contributed by atoms with E-state index in [9.17, 15) is 47.9 Å². The third kappa shape index (κ3) is 30.0. The largest absolute Gasteiger partial charge is 0.512 e. The van der Waals surface area contributed by atoms with Crippen LogP contribution < -0.4 is 31.9 Å². The highest BCUT2D eigenvalue weighted by molar-refractivity contribution is 7.46. The molecule has 6 aromatic carbocycles. The molecule has 12 atom stereocenters. The number of benzene rings is 6. The lowest BCUT2D eigenvalue weighted by Crippen LogP contribution is -2.60. The van der Waals surface area contributed by atoms with Crippen LogP contribution in [0.15, 0.2) is 219 Å². The number of phosphoric ester groups is 2. The highest BCUT2D eigenvalue weighted by Crippen LogP contribution is 2.45. The molecule has 2 aromatic heterocycles. The van der Waals surface area contributed by atoms with E-state index in [1.165, 1.54) is 9.80 Å². The van der Waals surface area contributed by atoms with Crippen molar-refractivity contribution in [2.24, 2.45) is 33.5 Å². The zero-order valence-electron chi connectivity index (χ0n) is 77.0. The van der Waals surface area contributed by atoms with E-state index < -0.39 is 177 Å². The first-order valence-corrected chi connectivity index (χ1v) is 46.9. The number of carbonyl (C=O) groups excluding carboxylic acids is 9. The number of amides is 10. The number of methoxy groups -OCH3 is 2. The van der Waals surface area contributed by atoms with E-state index in [0.29, 0.717) is 44.8 Å². The predicted octanol–water partition coefficient (Wildman–Crippen LogP) is 13.3. The van der Waals surface area contributed by atoms with Crippen LogP contribution in [0.4, 0.5) is 24.0 Å². The van der Waals surface area contributed by atoms with Gasteiger partial charge in [0, 0.05) is 98.8 Å². The SMILES string of the molecule is COC(=O)N[C@H](C(=O)N[C@H](Cc1ccc(-c2ccccn2)cc1)C[C@H](C(OC(=O)OC(OP(=O)(O)O)[C@@H](C[C@@H](Cc1ccc(-c2ccccn2)cc1)NC(=O)[C@@H](NC(=O)OC)C(C)(C)C)[C@H](Cc1ccccc1)NC(=O)[C@@H](N1CCN(Cc2ccccc2)C1=O)C(C)(C)C)OP(=O)(O)O)[C@H](Cc1ccccc1)NC(=O)[C@@H](N1CCN(Cc2ccccc2)C1=O)C(C)(C)C)C(C)(C)C. The fourth-order valence-electron chi connectivity index (χ4n) is 16.8. The number of carbonyl (C=O) groups is 9. The molecule has 0 bridgehead atoms. The average Bonchev–Trinajstić information content (AvgIpc) is 1.49. The van der Waals surface area contributed by atoms with Crippen LogP contribution in [0.5, 0.6) is 0 Å². The number of alkyl carbamates (subject to hydrolysis) is 2. The average molecular weight is 1860 g/mol. The maximum Gasteiger partial charge on any atom is 0.512 e. The van der Waals surface area contributed by atoms with Crippen molar-refractivity contribution in [1.29, 1.82) is 0 Å². The van der Waals surface area contributed by atoms with Gasteiger partial charge in [-0.3, -0.25) is 29.1 Å². The van der Waals surface area contributed by atoms with E-state index in [2.05, 4.69) is 41.9 Å². The van der Waals surface area contributed by atoms with E-state index in [4.69, 9.17) is 28.0 Å². The van der Waals surface area contributed by atoms with Gasteiger partial charge in [-0.2, -0.15) is 0 Å². The first-order chi connectivity index (χ1) is 62.3. The highest BCUT2D eigenvalue weighted by atomic mass is 31.2. The van der Waals surface area contributed by atoms with Crippen LogP contribution in [-0.2, 0) is 95.1 Å². The summed E-state index contributed by atoms with van der Waals surface area (Å²) in [6.45, 7) is 21.3. The van der Waals surface area contributed by atoms with Crippen LogP contribution in [-0.4, -0.2) is 204 Å². The summed E-state index contributed by atoms with van der Waals surface area (Å²) in [4.78, 5) is 198. The molecule has 0 saturated carbocycles. The zero-order valence-corrected chi connectivity index (χ0v) is 78.8. The summed E-state index contributed by atoms with van der Waals surface area (Å²) in [5.74, 6) is -7.06. The van der Waals surface area contributed by atoms with Gasteiger partial charge in [-0.1, -0.05) is 265 Å². The molecular formula is C97H124N12O21P2. The quantitative estimate of drug-likeness (QED) is 0.00738. The van der Waals surface area contributed by atoms with E-state index in [0.717, 1.165) is 25.3 Å². The van der Waals surface area contributed by atoms with E-state index in [1.54, 1.807) is 251 Å². The van der Waals surface area contributed by atoms with Gasteiger partial charge >= 0.3 is 46.0 Å². The predicted molar refractivity (Wildman–Crippen MR) is 494 cm³/mol. The number of hydrogen-bond acceptors (Lipinski definition) is 19. The topological polar surface area (TPSA) is 435 Å². The smallest absolute Gasteiger partial charge is 0.453 e. The Morgan fingerprint density at radius 3 is 0.977 bits per heavy atom. The molecule has 10 N–H and O–H groups in total. The second-order valence-corrected chi connectivity index (χ2v) is 40.0. The molecule has 2 unspecified atom stereocenters. The molecule has 10 rings (SSSR count). The Balaban J connectivity index is 1.18. The Labute approximate surface area is 771 Å². The maximum absolute atomic E-state index is 16.3. The molecule has 33 nitrogen and oxygen atoms in total. The van der Waals surface area contributed by atoms with Crippen molar-refractivity contribution in [3.05, 3.63) is 252 Å². The second-order valence-electron chi connectivity index (χ2n) is 37.6. The number of phosphoric acid groups is 2. The van der Waals surface area contributed by atoms with Gasteiger partial charge in [0.25, 0.3) is 0 Å². The Bertz CT molecular complexity index is 4940. The van der Waals surface area contributed by atoms with E-state index in [-0.39, 0.29) is 65.0 Å². The normalized spacial score (nSPS) is 16.2. The molecule has 10 amide bonds. The van der Waals surface area contributed by atoms with Crippen molar-refractivity contribution in [2.75, 3.05) is 40.4 Å². The minimum absolute atomic E-state index is 0.0450. The molecular weight excluding hydrogens is 1730 g/mol. The van der Waals surface area contributed by atoms with Crippen molar-refractivity contribution in [3.8, 4) is 22.5 Å². The summed E-state index contributed by atoms with van der Waals surface area (Å²) in [6.07, 6.45) is -8.53. The van der Waals surface area contributed by atoms with E-state index in [1.807, 2.05) is 60.7 Å². The van der Waals surface area contributed by atoms with Gasteiger partial charge in [-0.05, 0) is 118 Å². The number of nitrogens with one attached hydrogen (secondary N) is 6. The van der Waals surface area contributed by atoms with Gasteiger partial charge in [0.15, 0.2) is 0 Å². The van der Waals surface area contributed by atoms with Gasteiger partial charge < -0.3 is 90.0 Å². The summed E-state index contributed by atoms with van der Waals surface area (Å²) in [5.41, 5.74) is 1.69. The molecule has 708 valence electrons. The Kier molecular flexibility index (Phi) is 35.2. The van der Waals surface area contributed by atoms with Crippen LogP contribution in [0.3, 0.4) is 0 Å². The number of pyridine rings is 2. The maximum atomic E-state index is 16.3. The van der Waals surface area contributed by atoms with Crippen molar-refractivity contribution in [2.45, 2.75) is 196 Å². The summed E-state index contributed by atoms with van der Waals surface area (Å²) in [6, 6.07) is 47.7. The third-order valence-electron chi connectivity index (χ3n) is 23.1. The van der Waals surface area contributed by atoms with E-state index >= 15 is 24.0 Å². The number of urea groups is 2. The molecule has 2 aliphatic rings. The van der Waals surface area contributed by atoms with Gasteiger partial charge in [-0.25, -0.2) is 42.2 Å². The lowest BCUT2D eigenvalue weighted by molar-refractivity contribution is -0.160. The van der Waals surface area contributed by atoms with Crippen LogP contribution in [0, 0.1) is 33.5 Å². The summed E-state index contributed by atoms with van der Waals surface area (Å²) >= 11 is 0. The molecule has 2 fully saturated rings. The Morgan fingerprint density at radius 2 is 0.689 bits per heavy atom. The molecule has 2 aliphatic heterocycles. The summed E-state index contributed by atoms with van der Waals surface area (Å²) < 4.78 is 63.0. The Hall–Kier alpha value is -11.9. The number of rotatable bonds is 40. The lowest BCUT2D eigenvalue weighted by Gasteiger charge is -2.41. The lowest BCUT2D eigenvalue weighted by atomic mass is 9.82. The first kappa shape index (κ1) is 102. The fourth-order valence-corrected chi connectivity index (χ4v) is 17.8. The minimum atomic E-state index is -6.13. The minimum Gasteiger partial charge on any atom is -0.453 e. The summed E-state index contributed by atoms with van der Waals surface area (Å²) in [5, 5.41) is 17.6. The molecule has 4 heterocycles. The van der Waals surface area contributed by atoms with Gasteiger partial charge in [0.2, 0.25) is 36.2 Å². The number of nitrogens with zero attached hydrogens (tertiary/aromatic N) is 6. The number of aromatic nitrogens is 2. The molecule has 0 aliphatic carbocycles. The van der Waals surface area contributed by atoms with Crippen molar-refractivity contribution in [3.63, 3.8) is 0 Å². The standard InChI is InChI=1S/C97H124N12O21P2/c1-94(2,3)79(104-89(114)125-13)83(110)100-71(55-65-41-45-69(46-42-65)75-39-27-29-49-98-75)59-73(77(57-63-31-19-15-20-32-63)102-85(112)81(96(7,8)9)108-53-51-106(91(108)116)61-67-35-23-17-24-36-67)87(129-131(119,120)121)127-93(118)128-88(130-132(122,123)124)74(60-72(101-84(111)80(95(4,5)6)105-90(115)126-14)56-66-43-47-70(48-44-66)76-40-28-30-50-99-76)78(58-64-33-21-16-22-34-64)103-86(113)82(97(10,11)12)109-54-52-107(92(109)117)62-68-37-25-18-26-38-68/h15-50,71-74,77-82,87-88H,51-62H2,1-14H3,(H,100,110)(H,101,111)(H,102,112)(H,103,113)(H,104,114)(H,105,115)(H2,119,120,121)(H2,122,123,124)/t71-,72-,73+,74+,77+,78+,79-,80-,81-,82-,87?,88?/m1/s1. The monoisotopic (exact) mass is 1850 g/mol. The van der Waals surface area contributed by atoms with Crippen LogP contribution in [0.2, 0.25) is 0 Å². The van der Waals surface area contributed by atoms with Crippen molar-refractivity contribution >= 4 is 69.7 Å². The van der Waals surface area contributed by atoms with Gasteiger partial charge in [0.1, 0.15) is 24.2 Å². The van der Waals surface area contributed by atoms with Crippen LogP contribution >= 0.6 is 15.6 Å². The third-order valence-corrected chi connectivity index (χ3v) is 24.1. The molecule has 35 heteroatoms. The van der Waals surface area contributed by atoms with Crippen LogP contribution in [0.1, 0.15) is 129 Å². The van der Waals surface area contributed by atoms with Crippen molar-refractivity contribution < 1.29 is 99.8 Å². The van der Waals surface area contributed by atoms with Crippen LogP contribution in [0.25, 0.3) is 22.5 Å². The first-order valence-electron chi connectivity index (χ1n) is 43.8. The zero-order chi connectivity index (χ0) is 96.0. The number of hydrogen-bond donors (Lipinski definition) is 10. The molecule has 0 spiro atoms. The summed E-state index contributed by atoms with van der Waals surface area (Å²) in [7, 11) is -10.0. The second kappa shape index (κ2) is 45.5. The molecule has 8 aromatic rings.